The Balaban J connectivity index is 2.10. The van der Waals surface area contributed by atoms with Crippen LogP contribution in [0.5, 0.6) is 0 Å². The average molecular weight is 182 g/mol. The summed E-state index contributed by atoms with van der Waals surface area (Å²) in [6, 6.07) is 2.47. The van der Waals surface area contributed by atoms with Crippen molar-refractivity contribution in [3.05, 3.63) is 0 Å². The third-order valence-corrected chi connectivity index (χ3v) is 3.64. The summed E-state index contributed by atoms with van der Waals surface area (Å²) in [7, 11) is 2.26. The molecular weight excluding hydrogens is 160 g/mol. The van der Waals surface area contributed by atoms with Crippen LogP contribution in [0.25, 0.3) is 0 Å². The van der Waals surface area contributed by atoms with Gasteiger partial charge in [0.05, 0.1) is 0 Å². The van der Waals surface area contributed by atoms with E-state index in [0.29, 0.717) is 0 Å². The van der Waals surface area contributed by atoms with Crippen molar-refractivity contribution >= 4 is 0 Å². The van der Waals surface area contributed by atoms with E-state index < -0.39 is 0 Å². The summed E-state index contributed by atoms with van der Waals surface area (Å²) in [4.78, 5) is 5.25. The Bertz CT molecular complexity index is 179. The van der Waals surface area contributed by atoms with Crippen molar-refractivity contribution in [2.75, 3.05) is 20.1 Å². The smallest absolute Gasteiger partial charge is 0.0229 e. The normalized spacial score (nSPS) is 36.9. The molecular formula is C11H22N2. The van der Waals surface area contributed by atoms with Gasteiger partial charge in [0.1, 0.15) is 0 Å². The van der Waals surface area contributed by atoms with Gasteiger partial charge in [0.15, 0.2) is 0 Å². The first-order chi connectivity index (χ1) is 6.18. The lowest BCUT2D eigenvalue weighted by Gasteiger charge is -2.31. The van der Waals surface area contributed by atoms with Crippen LogP contribution in [0.15, 0.2) is 0 Å². The molecule has 0 aromatic carbocycles. The molecule has 2 fully saturated rings. The first-order valence-corrected chi connectivity index (χ1v) is 5.64. The maximum absolute atomic E-state index is 2.75. The first kappa shape index (κ1) is 9.47. The number of likely N-dealkylation sites (N-methyl/N-ethyl adjacent to an activating group) is 1. The highest BCUT2D eigenvalue weighted by Gasteiger charge is 2.37. The molecule has 2 saturated heterocycles. The van der Waals surface area contributed by atoms with Crippen molar-refractivity contribution in [1.82, 2.24) is 9.80 Å². The first-order valence-electron chi connectivity index (χ1n) is 5.64. The standard InChI is InChI=1S/C11H22N2/c1-9(2)13-10-4-5-11(13)8-12(3)7-6-10/h9-11H,4-8H2,1-3H3. The number of likely N-dealkylation sites (tertiary alicyclic amines) is 1. The molecule has 13 heavy (non-hydrogen) atoms. The largest absolute Gasteiger partial charge is 0.305 e. The van der Waals surface area contributed by atoms with Gasteiger partial charge in [-0.2, -0.15) is 0 Å². The second-order valence-electron chi connectivity index (χ2n) is 4.98. The van der Waals surface area contributed by atoms with Crippen LogP contribution >= 0.6 is 0 Å². The average Bonchev–Trinajstić information content (AvgIpc) is 2.34. The molecule has 2 heterocycles. The fourth-order valence-electron chi connectivity index (χ4n) is 3.12. The van der Waals surface area contributed by atoms with E-state index in [1.54, 1.807) is 0 Å². The molecule has 2 nitrogen and oxygen atoms in total. The monoisotopic (exact) mass is 182 g/mol. The Morgan fingerprint density at radius 2 is 1.77 bits per heavy atom. The van der Waals surface area contributed by atoms with E-state index in [4.69, 9.17) is 0 Å². The number of fused-ring (bicyclic) bond motifs is 2. The van der Waals surface area contributed by atoms with E-state index in [-0.39, 0.29) is 0 Å². The van der Waals surface area contributed by atoms with E-state index in [9.17, 15) is 0 Å². The molecule has 2 aliphatic heterocycles. The molecule has 0 aromatic rings. The van der Waals surface area contributed by atoms with Gasteiger partial charge >= 0.3 is 0 Å². The zero-order valence-corrected chi connectivity index (χ0v) is 9.16. The van der Waals surface area contributed by atoms with Crippen molar-refractivity contribution in [1.29, 1.82) is 0 Å². The van der Waals surface area contributed by atoms with Crippen LogP contribution in [-0.4, -0.2) is 48.1 Å². The van der Waals surface area contributed by atoms with Crippen LogP contribution in [0.2, 0.25) is 0 Å². The van der Waals surface area contributed by atoms with Gasteiger partial charge in [0.25, 0.3) is 0 Å². The van der Waals surface area contributed by atoms with E-state index in [1.807, 2.05) is 0 Å². The summed E-state index contributed by atoms with van der Waals surface area (Å²) in [6.07, 6.45) is 4.25. The molecule has 0 aliphatic carbocycles. The van der Waals surface area contributed by atoms with Crippen molar-refractivity contribution in [3.8, 4) is 0 Å². The zero-order valence-electron chi connectivity index (χ0n) is 9.16. The minimum Gasteiger partial charge on any atom is -0.305 e. The van der Waals surface area contributed by atoms with Gasteiger partial charge in [-0.25, -0.2) is 0 Å². The number of rotatable bonds is 1. The molecule has 0 radical (unpaired) electrons. The minimum absolute atomic E-state index is 0.740. The molecule has 2 aliphatic rings. The van der Waals surface area contributed by atoms with Crippen LogP contribution in [0.1, 0.15) is 33.1 Å². The molecule has 2 heteroatoms. The van der Waals surface area contributed by atoms with E-state index in [1.165, 1.54) is 32.4 Å². The maximum Gasteiger partial charge on any atom is 0.0229 e. The summed E-state index contributed by atoms with van der Waals surface area (Å²) in [5, 5.41) is 0. The molecule has 76 valence electrons. The van der Waals surface area contributed by atoms with Crippen molar-refractivity contribution < 1.29 is 0 Å². The second-order valence-corrected chi connectivity index (χ2v) is 4.98. The van der Waals surface area contributed by atoms with Crippen LogP contribution < -0.4 is 0 Å². The van der Waals surface area contributed by atoms with Crippen LogP contribution in [-0.2, 0) is 0 Å². The lowest BCUT2D eigenvalue weighted by Crippen LogP contribution is -2.42. The highest BCUT2D eigenvalue weighted by molar-refractivity contribution is 4.93. The van der Waals surface area contributed by atoms with Gasteiger partial charge < -0.3 is 4.90 Å². The number of hydrogen-bond acceptors (Lipinski definition) is 2. The Hall–Kier alpha value is -0.0800. The molecule has 0 amide bonds. The maximum atomic E-state index is 2.75. The quantitative estimate of drug-likeness (QED) is 0.607. The Morgan fingerprint density at radius 3 is 2.46 bits per heavy atom. The molecule has 0 saturated carbocycles. The SMILES string of the molecule is CC(C)N1C2CCC1CN(C)CC2. The molecule has 2 atom stereocenters. The molecule has 0 spiro atoms. The van der Waals surface area contributed by atoms with E-state index >= 15 is 0 Å². The van der Waals surface area contributed by atoms with Gasteiger partial charge in [0.2, 0.25) is 0 Å². The lowest BCUT2D eigenvalue weighted by atomic mass is 10.1. The molecule has 0 N–H and O–H groups in total. The fraction of sp³-hybridized carbons (Fsp3) is 1.00. The highest BCUT2D eigenvalue weighted by atomic mass is 15.3. The van der Waals surface area contributed by atoms with Gasteiger partial charge in [0, 0.05) is 24.7 Å². The summed E-state index contributed by atoms with van der Waals surface area (Å²) >= 11 is 0. The zero-order chi connectivity index (χ0) is 9.42. The van der Waals surface area contributed by atoms with E-state index in [2.05, 4.69) is 30.7 Å². The number of nitrogens with zero attached hydrogens (tertiary/aromatic N) is 2. The van der Waals surface area contributed by atoms with Crippen LogP contribution in [0, 0.1) is 0 Å². The Morgan fingerprint density at radius 1 is 1.08 bits per heavy atom. The molecule has 2 unspecified atom stereocenters. The number of hydrogen-bond donors (Lipinski definition) is 0. The van der Waals surface area contributed by atoms with Gasteiger partial charge in [-0.3, -0.25) is 4.90 Å². The van der Waals surface area contributed by atoms with Crippen LogP contribution in [0.3, 0.4) is 0 Å². The van der Waals surface area contributed by atoms with Gasteiger partial charge in [-0.15, -0.1) is 0 Å². The molecule has 2 bridgehead atoms. The van der Waals surface area contributed by atoms with E-state index in [0.717, 1.165) is 18.1 Å². The van der Waals surface area contributed by atoms with Crippen molar-refractivity contribution in [2.24, 2.45) is 0 Å². The van der Waals surface area contributed by atoms with Gasteiger partial charge in [-0.05, 0) is 46.7 Å². The third-order valence-electron chi connectivity index (χ3n) is 3.64. The molecule has 0 aromatic heterocycles. The fourth-order valence-corrected chi connectivity index (χ4v) is 3.12. The van der Waals surface area contributed by atoms with Crippen LogP contribution in [0.4, 0.5) is 0 Å². The van der Waals surface area contributed by atoms with Crippen molar-refractivity contribution in [3.63, 3.8) is 0 Å². The second kappa shape index (κ2) is 3.58. The predicted octanol–water partition coefficient (Wildman–Crippen LogP) is 1.56. The lowest BCUT2D eigenvalue weighted by molar-refractivity contribution is 0.150. The topological polar surface area (TPSA) is 6.48 Å². The summed E-state index contributed by atoms with van der Waals surface area (Å²) in [5.41, 5.74) is 0. The Labute approximate surface area is 81.9 Å². The summed E-state index contributed by atoms with van der Waals surface area (Å²) < 4.78 is 0. The minimum atomic E-state index is 0.740. The van der Waals surface area contributed by atoms with Gasteiger partial charge in [-0.1, -0.05) is 0 Å². The summed E-state index contributed by atoms with van der Waals surface area (Å²) in [6.45, 7) is 7.27. The predicted molar refractivity (Wildman–Crippen MR) is 55.9 cm³/mol. The molecule has 2 rings (SSSR count). The highest BCUT2D eigenvalue weighted by Crippen LogP contribution is 2.31. The Kier molecular flexibility index (Phi) is 2.61. The third kappa shape index (κ3) is 1.75. The van der Waals surface area contributed by atoms with Crippen molar-refractivity contribution in [2.45, 2.75) is 51.2 Å². The summed E-state index contributed by atoms with van der Waals surface area (Å²) in [5.74, 6) is 0.